The number of hydrogen-bond acceptors (Lipinski definition) is 4. The van der Waals surface area contributed by atoms with Crippen LogP contribution in [0.2, 0.25) is 0 Å². The summed E-state index contributed by atoms with van der Waals surface area (Å²) in [6.07, 6.45) is 6.04. The van der Waals surface area contributed by atoms with Crippen LogP contribution in [0.25, 0.3) is 0 Å². The topological polar surface area (TPSA) is 30.9 Å². The number of rotatable bonds is 14. The zero-order valence-electron chi connectivity index (χ0n) is 21.6. The Labute approximate surface area is 187 Å². The van der Waals surface area contributed by atoms with E-state index in [9.17, 15) is 0 Å². The van der Waals surface area contributed by atoms with Crippen LogP contribution in [0.5, 0.6) is 0 Å². The van der Waals surface area contributed by atoms with Gasteiger partial charge in [0.25, 0.3) is 0 Å². The summed E-state index contributed by atoms with van der Waals surface area (Å²) in [5.74, 6) is 0.674. The molecular weight excluding hydrogens is 374 g/mol. The van der Waals surface area contributed by atoms with Gasteiger partial charge in [0.2, 0.25) is 0 Å². The van der Waals surface area contributed by atoms with E-state index in [0.717, 1.165) is 45.6 Å². The Morgan fingerprint density at radius 1 is 1.03 bits per heavy atom. The average Bonchev–Trinajstić information content (AvgIpc) is 2.53. The van der Waals surface area contributed by atoms with Gasteiger partial charge in [-0.25, -0.2) is 0 Å². The fraction of sp³-hybridized carbons (Fsp3) is 0.923. The Morgan fingerprint density at radius 2 is 1.67 bits per heavy atom. The predicted octanol–water partition coefficient (Wildman–Crippen LogP) is 6.24. The molecule has 0 aromatic heterocycles. The third-order valence-electron chi connectivity index (χ3n) is 5.64. The van der Waals surface area contributed by atoms with Crippen LogP contribution in [-0.4, -0.2) is 60.7 Å². The average molecular weight is 426 g/mol. The van der Waals surface area contributed by atoms with Crippen molar-refractivity contribution in [1.82, 2.24) is 4.90 Å². The van der Waals surface area contributed by atoms with Gasteiger partial charge < -0.3 is 14.2 Å². The maximum absolute atomic E-state index is 6.09. The summed E-state index contributed by atoms with van der Waals surface area (Å²) in [6.45, 7) is 27.5. The summed E-state index contributed by atoms with van der Waals surface area (Å²) < 4.78 is 18.0. The quantitative estimate of drug-likeness (QED) is 0.308. The highest BCUT2D eigenvalue weighted by Crippen LogP contribution is 2.26. The van der Waals surface area contributed by atoms with Gasteiger partial charge in [0.1, 0.15) is 0 Å². The van der Waals surface area contributed by atoms with E-state index in [4.69, 9.17) is 14.2 Å². The molecule has 1 aliphatic heterocycles. The molecule has 1 heterocycles. The summed E-state index contributed by atoms with van der Waals surface area (Å²) >= 11 is 0. The molecule has 0 spiro atoms. The highest BCUT2D eigenvalue weighted by Gasteiger charge is 2.34. The van der Waals surface area contributed by atoms with Crippen molar-refractivity contribution in [2.24, 2.45) is 5.92 Å². The largest absolute Gasteiger partial charge is 0.378 e. The lowest BCUT2D eigenvalue weighted by molar-refractivity contribution is -0.136. The van der Waals surface area contributed by atoms with E-state index in [-0.39, 0.29) is 17.3 Å². The van der Waals surface area contributed by atoms with Crippen LogP contribution in [0.3, 0.4) is 0 Å². The van der Waals surface area contributed by atoms with Crippen LogP contribution < -0.4 is 0 Å². The zero-order chi connectivity index (χ0) is 22.9. The minimum atomic E-state index is -0.0779. The molecule has 0 N–H and O–H groups in total. The number of ether oxygens (including phenoxy) is 3. The number of nitrogens with zero attached hydrogens (tertiary/aromatic N) is 1. The van der Waals surface area contributed by atoms with E-state index in [1.54, 1.807) is 0 Å². The Kier molecular flexibility index (Phi) is 11.6. The van der Waals surface area contributed by atoms with E-state index in [2.05, 4.69) is 73.8 Å². The predicted molar refractivity (Wildman–Crippen MR) is 128 cm³/mol. The van der Waals surface area contributed by atoms with E-state index < -0.39 is 0 Å². The second-order valence-corrected chi connectivity index (χ2v) is 11.3. The van der Waals surface area contributed by atoms with E-state index in [1.165, 1.54) is 18.4 Å². The van der Waals surface area contributed by atoms with Crippen molar-refractivity contribution in [3.8, 4) is 0 Å². The molecule has 1 saturated heterocycles. The standard InChI is InChI=1S/C26H51NO3/c1-11-23(27-18-24(19-27)30-26(8,9)10)17-21(3)12-14-28-22(4)16-20(2)13-15-29-25(5,6)7/h21-24H,2,11-19H2,1,3-10H3. The molecule has 1 aliphatic rings. The normalized spacial score (nSPS) is 19.4. The first kappa shape index (κ1) is 27.6. The van der Waals surface area contributed by atoms with Crippen LogP contribution in [0.4, 0.5) is 0 Å². The van der Waals surface area contributed by atoms with Crippen LogP contribution >= 0.6 is 0 Å². The van der Waals surface area contributed by atoms with Crippen LogP contribution in [0.15, 0.2) is 12.2 Å². The van der Waals surface area contributed by atoms with Gasteiger partial charge in [-0.3, -0.25) is 4.90 Å². The van der Waals surface area contributed by atoms with Gasteiger partial charge in [-0.15, -0.1) is 0 Å². The van der Waals surface area contributed by atoms with Crippen LogP contribution in [0.1, 0.15) is 94.4 Å². The van der Waals surface area contributed by atoms with Crippen molar-refractivity contribution in [2.75, 3.05) is 26.3 Å². The van der Waals surface area contributed by atoms with Gasteiger partial charge in [-0.05, 0) is 86.5 Å². The second kappa shape index (κ2) is 12.6. The number of hydrogen-bond donors (Lipinski definition) is 0. The van der Waals surface area contributed by atoms with Crippen LogP contribution in [0, 0.1) is 5.92 Å². The Morgan fingerprint density at radius 3 is 2.20 bits per heavy atom. The van der Waals surface area contributed by atoms with Crippen molar-refractivity contribution >= 4 is 0 Å². The van der Waals surface area contributed by atoms with Gasteiger partial charge >= 0.3 is 0 Å². The summed E-state index contributed by atoms with van der Waals surface area (Å²) in [6, 6.07) is 0.667. The molecule has 0 aliphatic carbocycles. The van der Waals surface area contributed by atoms with E-state index in [1.807, 2.05) is 0 Å². The smallest absolute Gasteiger partial charge is 0.0835 e. The summed E-state index contributed by atoms with van der Waals surface area (Å²) in [7, 11) is 0. The first-order valence-electron chi connectivity index (χ1n) is 12.1. The highest BCUT2D eigenvalue weighted by atomic mass is 16.5. The highest BCUT2D eigenvalue weighted by molar-refractivity contribution is 4.95. The monoisotopic (exact) mass is 425 g/mol. The first-order valence-corrected chi connectivity index (χ1v) is 12.1. The molecule has 1 fully saturated rings. The summed E-state index contributed by atoms with van der Waals surface area (Å²) in [5, 5.41) is 0. The van der Waals surface area contributed by atoms with Crippen molar-refractivity contribution in [3.63, 3.8) is 0 Å². The molecule has 3 atom stereocenters. The molecule has 0 aromatic carbocycles. The molecule has 1 rings (SSSR count). The van der Waals surface area contributed by atoms with Crippen LogP contribution in [-0.2, 0) is 14.2 Å². The molecule has 3 unspecified atom stereocenters. The Hall–Kier alpha value is -0.420. The maximum atomic E-state index is 6.09. The molecule has 4 nitrogen and oxygen atoms in total. The molecule has 0 amide bonds. The van der Waals surface area contributed by atoms with E-state index >= 15 is 0 Å². The molecule has 0 bridgehead atoms. The number of likely N-dealkylation sites (tertiary alicyclic amines) is 1. The minimum Gasteiger partial charge on any atom is -0.378 e. The minimum absolute atomic E-state index is 0.0370. The van der Waals surface area contributed by atoms with Gasteiger partial charge in [0, 0.05) is 25.7 Å². The lowest BCUT2D eigenvalue weighted by Crippen LogP contribution is -2.58. The van der Waals surface area contributed by atoms with Gasteiger partial charge in [-0.1, -0.05) is 26.0 Å². The van der Waals surface area contributed by atoms with Gasteiger partial charge in [0.15, 0.2) is 0 Å². The molecule has 0 aromatic rings. The summed E-state index contributed by atoms with van der Waals surface area (Å²) in [4.78, 5) is 2.60. The van der Waals surface area contributed by atoms with Crippen molar-refractivity contribution in [1.29, 1.82) is 0 Å². The third kappa shape index (κ3) is 12.4. The molecule has 178 valence electrons. The van der Waals surface area contributed by atoms with Gasteiger partial charge in [0.05, 0.1) is 30.0 Å². The summed E-state index contributed by atoms with van der Waals surface area (Å²) in [5.41, 5.74) is 1.10. The fourth-order valence-electron chi connectivity index (χ4n) is 4.04. The fourth-order valence-corrected chi connectivity index (χ4v) is 4.04. The Bertz CT molecular complexity index is 485. The Balaban J connectivity index is 2.18. The second-order valence-electron chi connectivity index (χ2n) is 11.3. The molecule has 0 saturated carbocycles. The van der Waals surface area contributed by atoms with Crippen molar-refractivity contribution in [3.05, 3.63) is 12.2 Å². The van der Waals surface area contributed by atoms with Crippen molar-refractivity contribution in [2.45, 2.75) is 124 Å². The molecule has 0 radical (unpaired) electrons. The molecule has 4 heteroatoms. The maximum Gasteiger partial charge on any atom is 0.0835 e. The zero-order valence-corrected chi connectivity index (χ0v) is 21.6. The lowest BCUT2D eigenvalue weighted by atomic mass is 9.93. The third-order valence-corrected chi connectivity index (χ3v) is 5.64. The molecule has 30 heavy (non-hydrogen) atoms. The first-order chi connectivity index (χ1) is 13.8. The lowest BCUT2D eigenvalue weighted by Gasteiger charge is -2.46. The van der Waals surface area contributed by atoms with Gasteiger partial charge in [-0.2, -0.15) is 0 Å². The SMILES string of the molecule is C=C(CCOC(C)(C)C)CC(C)OCCC(C)CC(CC)N1CC(OC(C)(C)C)C1. The van der Waals surface area contributed by atoms with E-state index in [0.29, 0.717) is 18.1 Å². The molecular formula is C26H51NO3. The van der Waals surface area contributed by atoms with Crippen molar-refractivity contribution < 1.29 is 14.2 Å².